The number of unbranched alkanes of at least 4 members (excludes halogenated alkanes) is 2. The van der Waals surface area contributed by atoms with E-state index in [1.54, 1.807) is 0 Å². The Morgan fingerprint density at radius 2 is 2.00 bits per heavy atom. The first kappa shape index (κ1) is 18.7. The number of carbonyl (C=O) groups excluding carboxylic acids is 1. The molecule has 1 saturated carbocycles. The highest BCUT2D eigenvalue weighted by molar-refractivity contribution is 5.88. The molecule has 1 amide bonds. The highest BCUT2D eigenvalue weighted by Crippen LogP contribution is 2.49. The molecule has 1 fully saturated rings. The number of rotatable bonds is 7. The Hall–Kier alpha value is -0.320. The Bertz CT molecular complexity index is 297. The second-order valence-corrected chi connectivity index (χ2v) is 5.80. The van der Waals surface area contributed by atoms with E-state index >= 15 is 0 Å². The molecule has 114 valence electrons. The Morgan fingerprint density at radius 1 is 1.37 bits per heavy atom. The molecule has 2 unspecified atom stereocenters. The maximum absolute atomic E-state index is 12.2. The Balaban J connectivity index is 0.00000324. The number of hydrogen-bond acceptors (Lipinski definition) is 3. The van der Waals surface area contributed by atoms with Gasteiger partial charge in [-0.15, -0.1) is 12.4 Å². The lowest BCUT2D eigenvalue weighted by Crippen LogP contribution is -2.75. The van der Waals surface area contributed by atoms with E-state index in [1.165, 1.54) is 0 Å². The molecular weight excluding hydrogens is 264 g/mol. The summed E-state index contributed by atoms with van der Waals surface area (Å²) in [5.41, 5.74) is 5.19. The van der Waals surface area contributed by atoms with Gasteiger partial charge in [-0.05, 0) is 13.3 Å². The van der Waals surface area contributed by atoms with Crippen molar-refractivity contribution in [1.82, 2.24) is 5.32 Å². The van der Waals surface area contributed by atoms with Gasteiger partial charge in [0.25, 0.3) is 0 Å². The summed E-state index contributed by atoms with van der Waals surface area (Å²) >= 11 is 0. The molecule has 0 spiro atoms. The average molecular weight is 293 g/mol. The highest BCUT2D eigenvalue weighted by atomic mass is 35.5. The molecule has 4 nitrogen and oxygen atoms in total. The molecule has 0 aromatic carbocycles. The Morgan fingerprint density at radius 3 is 2.47 bits per heavy atom. The molecule has 1 aliphatic carbocycles. The quantitative estimate of drug-likeness (QED) is 0.707. The van der Waals surface area contributed by atoms with Crippen LogP contribution in [0, 0.1) is 5.41 Å². The topological polar surface area (TPSA) is 64.4 Å². The van der Waals surface area contributed by atoms with E-state index in [9.17, 15) is 4.79 Å². The maximum atomic E-state index is 12.2. The van der Waals surface area contributed by atoms with Crippen LogP contribution in [-0.4, -0.2) is 30.7 Å². The smallest absolute Gasteiger partial charge is 0.240 e. The number of carbonyl (C=O) groups is 1. The molecule has 5 heteroatoms. The molecule has 1 rings (SSSR count). The van der Waals surface area contributed by atoms with Crippen LogP contribution in [0.3, 0.4) is 0 Å². The van der Waals surface area contributed by atoms with E-state index in [4.69, 9.17) is 10.5 Å². The lowest BCUT2D eigenvalue weighted by molar-refractivity contribution is -0.170. The number of ether oxygens (including phenoxy) is 1. The van der Waals surface area contributed by atoms with E-state index in [0.29, 0.717) is 13.0 Å². The Kier molecular flexibility index (Phi) is 7.33. The molecule has 19 heavy (non-hydrogen) atoms. The van der Waals surface area contributed by atoms with Gasteiger partial charge in [-0.3, -0.25) is 4.79 Å². The monoisotopic (exact) mass is 292 g/mol. The standard InChI is InChI=1S/C14H28N2O2.ClH/c1-5-7-8-9-16-12(17)14(15)10-11(18-6-2)13(14,3)4;/h11H,5-10,15H2,1-4H3,(H,16,17);1H. The lowest BCUT2D eigenvalue weighted by Gasteiger charge is -2.57. The van der Waals surface area contributed by atoms with Crippen LogP contribution in [0.2, 0.25) is 0 Å². The molecule has 0 heterocycles. The predicted molar refractivity (Wildman–Crippen MR) is 80.5 cm³/mol. The number of nitrogens with two attached hydrogens (primary N) is 1. The van der Waals surface area contributed by atoms with Crippen molar-refractivity contribution in [2.45, 2.75) is 65.0 Å². The molecule has 0 bridgehead atoms. The maximum Gasteiger partial charge on any atom is 0.240 e. The van der Waals surface area contributed by atoms with E-state index in [0.717, 1.165) is 25.8 Å². The molecule has 0 aromatic heterocycles. The van der Waals surface area contributed by atoms with Crippen LogP contribution in [0.4, 0.5) is 0 Å². The first-order valence-electron chi connectivity index (χ1n) is 7.09. The average Bonchev–Trinajstić information content (AvgIpc) is 2.33. The fraction of sp³-hybridized carbons (Fsp3) is 0.929. The minimum Gasteiger partial charge on any atom is -0.378 e. The second kappa shape index (κ2) is 7.46. The van der Waals surface area contributed by atoms with Crippen LogP contribution in [0.15, 0.2) is 0 Å². The zero-order valence-corrected chi connectivity index (χ0v) is 13.4. The van der Waals surface area contributed by atoms with Crippen LogP contribution in [-0.2, 0) is 9.53 Å². The summed E-state index contributed by atoms with van der Waals surface area (Å²) in [5.74, 6) is -0.0282. The van der Waals surface area contributed by atoms with Gasteiger partial charge in [-0.2, -0.15) is 0 Å². The van der Waals surface area contributed by atoms with Crippen molar-refractivity contribution >= 4 is 18.3 Å². The second-order valence-electron chi connectivity index (χ2n) is 5.80. The van der Waals surface area contributed by atoms with Crippen molar-refractivity contribution in [3.8, 4) is 0 Å². The summed E-state index contributed by atoms with van der Waals surface area (Å²) in [6.07, 6.45) is 4.03. The van der Waals surface area contributed by atoms with Gasteiger partial charge in [-0.25, -0.2) is 0 Å². The molecule has 2 atom stereocenters. The fourth-order valence-electron chi connectivity index (χ4n) is 2.56. The lowest BCUT2D eigenvalue weighted by atomic mass is 9.54. The zero-order chi connectivity index (χ0) is 13.8. The Labute approximate surface area is 123 Å². The number of halogens is 1. The van der Waals surface area contributed by atoms with E-state index < -0.39 is 5.54 Å². The molecule has 0 aromatic rings. The minimum atomic E-state index is -0.779. The first-order valence-corrected chi connectivity index (χ1v) is 7.09. The molecule has 0 aliphatic heterocycles. The third-order valence-electron chi connectivity index (χ3n) is 4.30. The molecule has 0 radical (unpaired) electrons. The summed E-state index contributed by atoms with van der Waals surface area (Å²) in [5, 5.41) is 2.96. The predicted octanol–water partition coefficient (Wildman–Crippen LogP) is 2.25. The van der Waals surface area contributed by atoms with Crippen molar-refractivity contribution in [3.05, 3.63) is 0 Å². The number of hydrogen-bond donors (Lipinski definition) is 2. The summed E-state index contributed by atoms with van der Waals surface area (Å²) in [7, 11) is 0. The van der Waals surface area contributed by atoms with Gasteiger partial charge >= 0.3 is 0 Å². The van der Waals surface area contributed by atoms with Crippen molar-refractivity contribution in [1.29, 1.82) is 0 Å². The summed E-state index contributed by atoms with van der Waals surface area (Å²) < 4.78 is 5.62. The number of nitrogens with one attached hydrogen (secondary N) is 1. The van der Waals surface area contributed by atoms with Crippen LogP contribution < -0.4 is 11.1 Å². The highest BCUT2D eigenvalue weighted by Gasteiger charge is 2.62. The van der Waals surface area contributed by atoms with Gasteiger partial charge in [0.1, 0.15) is 5.54 Å². The first-order chi connectivity index (χ1) is 8.40. The number of amides is 1. The normalized spacial score (nSPS) is 28.2. The van der Waals surface area contributed by atoms with Gasteiger partial charge < -0.3 is 15.8 Å². The third-order valence-corrected chi connectivity index (χ3v) is 4.30. The third kappa shape index (κ3) is 3.61. The van der Waals surface area contributed by atoms with E-state index in [1.807, 2.05) is 20.8 Å². The van der Waals surface area contributed by atoms with Crippen LogP contribution >= 0.6 is 12.4 Å². The van der Waals surface area contributed by atoms with Crippen molar-refractivity contribution in [3.63, 3.8) is 0 Å². The van der Waals surface area contributed by atoms with Crippen molar-refractivity contribution < 1.29 is 9.53 Å². The van der Waals surface area contributed by atoms with Crippen LogP contribution in [0.5, 0.6) is 0 Å². The van der Waals surface area contributed by atoms with Gasteiger partial charge in [-0.1, -0.05) is 33.6 Å². The van der Waals surface area contributed by atoms with Crippen molar-refractivity contribution in [2.75, 3.05) is 13.2 Å². The van der Waals surface area contributed by atoms with Crippen molar-refractivity contribution in [2.24, 2.45) is 11.1 Å². The van der Waals surface area contributed by atoms with Gasteiger partial charge in [0, 0.05) is 25.0 Å². The SMILES string of the molecule is CCCCCNC(=O)C1(N)CC(OCC)C1(C)C.Cl. The summed E-state index contributed by atoms with van der Waals surface area (Å²) in [4.78, 5) is 12.2. The van der Waals surface area contributed by atoms with Gasteiger partial charge in [0.05, 0.1) is 6.10 Å². The minimum absolute atomic E-state index is 0. The van der Waals surface area contributed by atoms with Gasteiger partial charge in [0.2, 0.25) is 5.91 Å². The largest absolute Gasteiger partial charge is 0.378 e. The van der Waals surface area contributed by atoms with E-state index in [2.05, 4.69) is 12.2 Å². The van der Waals surface area contributed by atoms with Crippen LogP contribution in [0.1, 0.15) is 53.4 Å². The summed E-state index contributed by atoms with van der Waals surface area (Å²) in [6.45, 7) is 9.54. The van der Waals surface area contributed by atoms with E-state index in [-0.39, 0.29) is 29.8 Å². The zero-order valence-electron chi connectivity index (χ0n) is 12.6. The molecule has 1 aliphatic rings. The molecule has 3 N–H and O–H groups in total. The van der Waals surface area contributed by atoms with Crippen LogP contribution in [0.25, 0.3) is 0 Å². The van der Waals surface area contributed by atoms with Gasteiger partial charge in [0.15, 0.2) is 0 Å². The molecule has 0 saturated heterocycles. The summed E-state index contributed by atoms with van der Waals surface area (Å²) in [6, 6.07) is 0. The molecular formula is C14H29ClN2O2. The fourth-order valence-corrected chi connectivity index (χ4v) is 2.56.